The summed E-state index contributed by atoms with van der Waals surface area (Å²) in [5, 5.41) is 10.3. The van der Waals surface area contributed by atoms with Crippen molar-refractivity contribution in [3.63, 3.8) is 0 Å². The lowest BCUT2D eigenvalue weighted by Crippen LogP contribution is -3.07. The maximum atomic E-state index is 13.8. The van der Waals surface area contributed by atoms with Gasteiger partial charge in [-0.05, 0) is 24.1 Å². The van der Waals surface area contributed by atoms with Gasteiger partial charge in [-0.15, -0.1) is 0 Å². The van der Waals surface area contributed by atoms with Gasteiger partial charge in [0.05, 0.1) is 30.1 Å². The van der Waals surface area contributed by atoms with Crippen molar-refractivity contribution < 1.29 is 27.6 Å². The second-order valence-electron chi connectivity index (χ2n) is 7.18. The third-order valence-corrected chi connectivity index (χ3v) is 4.89. The van der Waals surface area contributed by atoms with Crippen molar-refractivity contribution >= 4 is 11.0 Å². The summed E-state index contributed by atoms with van der Waals surface area (Å²) in [5.74, 6) is -1.53. The summed E-state index contributed by atoms with van der Waals surface area (Å²) in [6, 6.07) is 10.3. The van der Waals surface area contributed by atoms with E-state index in [9.17, 15) is 23.1 Å². The highest BCUT2D eigenvalue weighted by Crippen LogP contribution is 2.38. The van der Waals surface area contributed by atoms with Gasteiger partial charge in [0.2, 0.25) is 11.2 Å². The Kier molecular flexibility index (Phi) is 5.98. The largest absolute Gasteiger partial charge is 0.507 e. The molecular formula is C22H23F3NO3+. The summed E-state index contributed by atoms with van der Waals surface area (Å²) in [4.78, 5) is 14.1. The molecule has 7 heteroatoms. The van der Waals surface area contributed by atoms with Crippen molar-refractivity contribution in [2.45, 2.75) is 32.5 Å². The molecular weight excluding hydrogens is 383 g/mol. The predicted octanol–water partition coefficient (Wildman–Crippen LogP) is 4.00. The molecule has 0 bridgehead atoms. The van der Waals surface area contributed by atoms with Gasteiger partial charge in [0.15, 0.2) is 5.58 Å². The minimum atomic E-state index is -4.86. The summed E-state index contributed by atoms with van der Waals surface area (Å²) < 4.78 is 46.7. The number of nitrogens with one attached hydrogen (secondary N) is 1. The number of benzene rings is 2. The van der Waals surface area contributed by atoms with Crippen molar-refractivity contribution in [2.24, 2.45) is 0 Å². The number of quaternary nitrogens is 1. The smallest absolute Gasteiger partial charge is 0.450 e. The van der Waals surface area contributed by atoms with E-state index < -0.39 is 22.9 Å². The molecule has 0 saturated carbocycles. The Labute approximate surface area is 166 Å². The van der Waals surface area contributed by atoms with Crippen molar-refractivity contribution in [1.29, 1.82) is 0 Å². The van der Waals surface area contributed by atoms with E-state index in [1.807, 2.05) is 14.0 Å². The number of fused-ring (bicyclic) bond motifs is 1. The number of aromatic hydroxyl groups is 1. The van der Waals surface area contributed by atoms with E-state index >= 15 is 0 Å². The zero-order chi connectivity index (χ0) is 21.2. The summed E-state index contributed by atoms with van der Waals surface area (Å²) in [5.41, 5.74) is -1.15. The van der Waals surface area contributed by atoms with Crippen LogP contribution in [0.5, 0.6) is 5.75 Å². The second kappa shape index (κ2) is 8.29. The summed E-state index contributed by atoms with van der Waals surface area (Å²) in [6.45, 7) is 3.07. The van der Waals surface area contributed by atoms with Gasteiger partial charge in [0.1, 0.15) is 12.3 Å². The molecule has 154 valence electrons. The maximum absolute atomic E-state index is 13.8. The van der Waals surface area contributed by atoms with E-state index in [1.165, 1.54) is 24.3 Å². The first-order valence-electron chi connectivity index (χ1n) is 9.49. The first-order valence-corrected chi connectivity index (χ1v) is 9.49. The van der Waals surface area contributed by atoms with Crippen molar-refractivity contribution in [2.75, 3.05) is 13.6 Å². The fourth-order valence-corrected chi connectivity index (χ4v) is 3.41. The quantitative estimate of drug-likeness (QED) is 0.651. The van der Waals surface area contributed by atoms with Crippen LogP contribution in [0.1, 0.15) is 31.1 Å². The van der Waals surface area contributed by atoms with Crippen LogP contribution >= 0.6 is 0 Å². The fraction of sp³-hybridized carbons (Fsp3) is 0.318. The molecule has 2 aromatic carbocycles. The molecule has 0 aliphatic carbocycles. The average molecular weight is 406 g/mol. The molecule has 3 aromatic rings. The molecule has 2 N–H and O–H groups in total. The molecule has 0 saturated heterocycles. The van der Waals surface area contributed by atoms with Gasteiger partial charge in [-0.1, -0.05) is 43.7 Å². The molecule has 0 spiro atoms. The van der Waals surface area contributed by atoms with E-state index in [2.05, 4.69) is 0 Å². The van der Waals surface area contributed by atoms with Crippen LogP contribution in [-0.2, 0) is 12.7 Å². The third kappa shape index (κ3) is 4.29. The normalized spacial score (nSPS) is 13.0. The summed E-state index contributed by atoms with van der Waals surface area (Å²) in [6.07, 6.45) is -2.94. The zero-order valence-corrected chi connectivity index (χ0v) is 16.3. The highest BCUT2D eigenvalue weighted by Gasteiger charge is 2.39. The lowest BCUT2D eigenvalue weighted by Gasteiger charge is -2.17. The van der Waals surface area contributed by atoms with Gasteiger partial charge >= 0.3 is 6.18 Å². The van der Waals surface area contributed by atoms with Gasteiger partial charge in [0, 0.05) is 0 Å². The van der Waals surface area contributed by atoms with Crippen LogP contribution in [0.4, 0.5) is 13.2 Å². The standard InChI is InChI=1S/C22H22F3NO3/c1-3-4-12-26(2)13-16-17(27)11-10-15-19(28)18(14-8-6-5-7-9-14)21(22(23,24)25)29-20(15)16/h5-11,27H,3-4,12-13H2,1-2H3/p+1. The topological polar surface area (TPSA) is 54.9 Å². The number of alkyl halides is 3. The van der Waals surface area contributed by atoms with Crippen molar-refractivity contribution in [3.8, 4) is 16.9 Å². The molecule has 3 rings (SSSR count). The SMILES string of the molecule is CCCC[NH+](C)Cc1c(O)ccc2c(=O)c(-c3ccccc3)c(C(F)(F)F)oc12. The molecule has 0 amide bonds. The van der Waals surface area contributed by atoms with Gasteiger partial charge in [-0.25, -0.2) is 0 Å². The Morgan fingerprint density at radius 2 is 1.79 bits per heavy atom. The third-order valence-electron chi connectivity index (χ3n) is 4.89. The van der Waals surface area contributed by atoms with Crippen LogP contribution in [-0.4, -0.2) is 18.7 Å². The minimum absolute atomic E-state index is 0.0212. The number of hydrogen-bond acceptors (Lipinski definition) is 3. The summed E-state index contributed by atoms with van der Waals surface area (Å²) in [7, 11) is 1.88. The molecule has 0 aliphatic rings. The van der Waals surface area contributed by atoms with Gasteiger partial charge in [-0.2, -0.15) is 13.2 Å². The van der Waals surface area contributed by atoms with Gasteiger partial charge in [-0.3, -0.25) is 4.79 Å². The molecule has 0 fully saturated rings. The number of unbranched alkanes of at least 4 members (excludes halogenated alkanes) is 1. The Morgan fingerprint density at radius 1 is 1.10 bits per heavy atom. The van der Waals surface area contributed by atoms with Crippen molar-refractivity contribution in [1.82, 2.24) is 0 Å². The molecule has 1 heterocycles. The highest BCUT2D eigenvalue weighted by molar-refractivity contribution is 5.86. The monoisotopic (exact) mass is 406 g/mol. The van der Waals surface area contributed by atoms with E-state index in [0.29, 0.717) is 0 Å². The van der Waals surface area contributed by atoms with E-state index in [4.69, 9.17) is 4.42 Å². The lowest BCUT2D eigenvalue weighted by atomic mass is 10.00. The molecule has 1 aromatic heterocycles. The van der Waals surface area contributed by atoms with Crippen LogP contribution in [0.3, 0.4) is 0 Å². The first-order chi connectivity index (χ1) is 13.7. The number of phenols is 1. The Bertz CT molecular complexity index is 1060. The Balaban J connectivity index is 2.28. The van der Waals surface area contributed by atoms with Crippen LogP contribution in [0.15, 0.2) is 51.7 Å². The van der Waals surface area contributed by atoms with E-state index in [0.717, 1.165) is 24.3 Å². The number of rotatable bonds is 6. The van der Waals surface area contributed by atoms with Crippen LogP contribution in [0.2, 0.25) is 0 Å². The van der Waals surface area contributed by atoms with E-state index in [-0.39, 0.29) is 34.4 Å². The van der Waals surface area contributed by atoms with Gasteiger partial charge < -0.3 is 14.4 Å². The van der Waals surface area contributed by atoms with Crippen LogP contribution in [0, 0.1) is 0 Å². The Morgan fingerprint density at radius 3 is 2.41 bits per heavy atom. The van der Waals surface area contributed by atoms with Gasteiger partial charge in [0.25, 0.3) is 0 Å². The second-order valence-corrected chi connectivity index (χ2v) is 7.18. The molecule has 0 radical (unpaired) electrons. The molecule has 29 heavy (non-hydrogen) atoms. The minimum Gasteiger partial charge on any atom is -0.507 e. The van der Waals surface area contributed by atoms with Crippen LogP contribution < -0.4 is 10.3 Å². The Hall–Kier alpha value is -2.80. The summed E-state index contributed by atoms with van der Waals surface area (Å²) >= 11 is 0. The number of phenolic OH excluding ortho intramolecular Hbond substituents is 1. The zero-order valence-electron chi connectivity index (χ0n) is 16.3. The van der Waals surface area contributed by atoms with E-state index in [1.54, 1.807) is 18.2 Å². The van der Waals surface area contributed by atoms with Crippen molar-refractivity contribution in [3.05, 3.63) is 64.0 Å². The molecule has 1 unspecified atom stereocenters. The average Bonchev–Trinajstić information content (AvgIpc) is 2.68. The number of halogens is 3. The fourth-order valence-electron chi connectivity index (χ4n) is 3.41. The molecule has 0 aliphatic heterocycles. The first kappa shape index (κ1) is 20.9. The number of hydrogen-bond donors (Lipinski definition) is 2. The lowest BCUT2D eigenvalue weighted by molar-refractivity contribution is -0.893. The predicted molar refractivity (Wildman–Crippen MR) is 105 cm³/mol. The molecule has 1 atom stereocenters. The van der Waals surface area contributed by atoms with Crippen LogP contribution in [0.25, 0.3) is 22.1 Å². The maximum Gasteiger partial charge on any atom is 0.450 e. The highest BCUT2D eigenvalue weighted by atomic mass is 19.4. The molecule has 4 nitrogen and oxygen atoms in total.